The van der Waals surface area contributed by atoms with Crippen LogP contribution >= 0.6 is 0 Å². The highest BCUT2D eigenvalue weighted by Gasteiger charge is 2.31. The zero-order chi connectivity index (χ0) is 10.7. The largest absolute Gasteiger partial charge is 0.329 e. The number of nitrogens with two attached hydrogens (primary N) is 1. The summed E-state index contributed by atoms with van der Waals surface area (Å²) in [4.78, 5) is 0. The summed E-state index contributed by atoms with van der Waals surface area (Å²) in [6.07, 6.45) is 7.46. The lowest BCUT2D eigenvalue weighted by molar-refractivity contribution is 0.343. The Labute approximate surface area is 86.3 Å². The zero-order valence-corrected chi connectivity index (χ0v) is 9.57. The van der Waals surface area contributed by atoms with Crippen LogP contribution < -0.4 is 10.5 Å². The second kappa shape index (κ2) is 4.59. The minimum absolute atomic E-state index is 0.371. The SMILES string of the molecule is CS(=O)(=O)NC1(CN)CCCCCC1. The van der Waals surface area contributed by atoms with Crippen molar-refractivity contribution >= 4 is 10.0 Å². The van der Waals surface area contributed by atoms with Crippen LogP contribution in [-0.4, -0.2) is 26.8 Å². The van der Waals surface area contributed by atoms with Gasteiger partial charge in [-0.15, -0.1) is 0 Å². The van der Waals surface area contributed by atoms with Gasteiger partial charge >= 0.3 is 0 Å². The molecule has 0 aromatic carbocycles. The van der Waals surface area contributed by atoms with Crippen LogP contribution in [0.25, 0.3) is 0 Å². The first-order valence-corrected chi connectivity index (χ1v) is 7.06. The molecule has 0 amide bonds. The Morgan fingerprint density at radius 3 is 2.07 bits per heavy atom. The van der Waals surface area contributed by atoms with E-state index in [2.05, 4.69) is 4.72 Å². The van der Waals surface area contributed by atoms with E-state index in [0.717, 1.165) is 25.7 Å². The van der Waals surface area contributed by atoms with E-state index >= 15 is 0 Å². The molecule has 84 valence electrons. The molecule has 1 saturated carbocycles. The molecular weight excluding hydrogens is 200 g/mol. The summed E-state index contributed by atoms with van der Waals surface area (Å²) in [6.45, 7) is 0.403. The molecular formula is C9H20N2O2S. The second-order valence-corrected chi connectivity index (χ2v) is 6.02. The molecule has 5 heteroatoms. The fourth-order valence-corrected chi connectivity index (χ4v) is 3.22. The summed E-state index contributed by atoms with van der Waals surface area (Å²) < 4.78 is 25.1. The molecule has 0 heterocycles. The molecule has 14 heavy (non-hydrogen) atoms. The van der Waals surface area contributed by atoms with Crippen LogP contribution in [0.5, 0.6) is 0 Å². The molecule has 0 atom stereocenters. The van der Waals surface area contributed by atoms with Gasteiger partial charge in [0, 0.05) is 12.1 Å². The molecule has 3 N–H and O–H groups in total. The molecule has 0 aromatic heterocycles. The summed E-state index contributed by atoms with van der Waals surface area (Å²) in [6, 6.07) is 0. The van der Waals surface area contributed by atoms with Crippen LogP contribution in [0, 0.1) is 0 Å². The molecule has 0 spiro atoms. The summed E-state index contributed by atoms with van der Waals surface area (Å²) in [5.41, 5.74) is 5.32. The van der Waals surface area contributed by atoms with Gasteiger partial charge in [0.2, 0.25) is 10.0 Å². The topological polar surface area (TPSA) is 72.2 Å². The van der Waals surface area contributed by atoms with Crippen molar-refractivity contribution in [1.82, 2.24) is 4.72 Å². The van der Waals surface area contributed by atoms with Gasteiger partial charge in [0.1, 0.15) is 0 Å². The van der Waals surface area contributed by atoms with Crippen LogP contribution in [0.15, 0.2) is 0 Å². The predicted octanol–water partition coefficient (Wildman–Crippen LogP) is 0.587. The maximum Gasteiger partial charge on any atom is 0.209 e. The Morgan fingerprint density at radius 2 is 1.71 bits per heavy atom. The Balaban J connectivity index is 2.72. The monoisotopic (exact) mass is 220 g/mol. The molecule has 0 saturated heterocycles. The van der Waals surface area contributed by atoms with E-state index in [1.807, 2.05) is 0 Å². The van der Waals surface area contributed by atoms with E-state index in [1.54, 1.807) is 0 Å². The van der Waals surface area contributed by atoms with Gasteiger partial charge < -0.3 is 5.73 Å². The molecule has 4 nitrogen and oxygen atoms in total. The van der Waals surface area contributed by atoms with Crippen molar-refractivity contribution in [3.63, 3.8) is 0 Å². The molecule has 0 aromatic rings. The van der Waals surface area contributed by atoms with Crippen LogP contribution in [-0.2, 0) is 10.0 Å². The Hall–Kier alpha value is -0.130. The van der Waals surface area contributed by atoms with Gasteiger partial charge in [-0.3, -0.25) is 0 Å². The molecule has 1 aliphatic carbocycles. The van der Waals surface area contributed by atoms with Gasteiger partial charge in [-0.25, -0.2) is 13.1 Å². The van der Waals surface area contributed by atoms with Gasteiger partial charge in [-0.2, -0.15) is 0 Å². The normalized spacial score (nSPS) is 23.0. The molecule has 0 bridgehead atoms. The lowest BCUT2D eigenvalue weighted by Crippen LogP contribution is -2.52. The van der Waals surface area contributed by atoms with Crippen molar-refractivity contribution in [2.45, 2.75) is 44.1 Å². The van der Waals surface area contributed by atoms with Crippen molar-refractivity contribution in [3.05, 3.63) is 0 Å². The van der Waals surface area contributed by atoms with Crippen LogP contribution in [0.4, 0.5) is 0 Å². The highest BCUT2D eigenvalue weighted by molar-refractivity contribution is 7.88. The van der Waals surface area contributed by atoms with Gasteiger partial charge in [-0.05, 0) is 12.8 Å². The summed E-state index contributed by atoms with van der Waals surface area (Å²) >= 11 is 0. The number of sulfonamides is 1. The van der Waals surface area contributed by atoms with Gasteiger partial charge in [0.25, 0.3) is 0 Å². The Kier molecular flexibility index (Phi) is 3.92. The van der Waals surface area contributed by atoms with Crippen LogP contribution in [0.1, 0.15) is 38.5 Å². The highest BCUT2D eigenvalue weighted by atomic mass is 32.2. The molecule has 1 fully saturated rings. The van der Waals surface area contributed by atoms with Crippen molar-refractivity contribution in [3.8, 4) is 0 Å². The minimum atomic E-state index is -3.14. The first-order valence-electron chi connectivity index (χ1n) is 5.16. The average molecular weight is 220 g/mol. The summed E-state index contributed by atoms with van der Waals surface area (Å²) in [5.74, 6) is 0. The molecule has 0 radical (unpaired) electrons. The standard InChI is InChI=1S/C9H20N2O2S/c1-14(12,13)11-9(8-10)6-4-2-3-5-7-9/h11H,2-8,10H2,1H3. The average Bonchev–Trinajstić information content (AvgIpc) is 2.28. The van der Waals surface area contributed by atoms with Crippen LogP contribution in [0.2, 0.25) is 0 Å². The van der Waals surface area contributed by atoms with E-state index in [9.17, 15) is 8.42 Å². The Morgan fingerprint density at radius 1 is 1.21 bits per heavy atom. The van der Waals surface area contributed by atoms with Gasteiger partial charge in [-0.1, -0.05) is 25.7 Å². The molecule has 1 aliphatic rings. The maximum absolute atomic E-state index is 11.2. The summed E-state index contributed by atoms with van der Waals surface area (Å²) in [5, 5.41) is 0. The van der Waals surface area contributed by atoms with Gasteiger partial charge in [0.05, 0.1) is 6.26 Å². The van der Waals surface area contributed by atoms with E-state index in [4.69, 9.17) is 5.73 Å². The van der Waals surface area contributed by atoms with Gasteiger partial charge in [0.15, 0.2) is 0 Å². The maximum atomic E-state index is 11.2. The number of rotatable bonds is 3. The number of hydrogen-bond acceptors (Lipinski definition) is 3. The number of nitrogens with one attached hydrogen (secondary N) is 1. The quantitative estimate of drug-likeness (QED) is 0.684. The first-order chi connectivity index (χ1) is 6.47. The third-order valence-corrected chi connectivity index (χ3v) is 3.66. The zero-order valence-electron chi connectivity index (χ0n) is 8.75. The predicted molar refractivity (Wildman–Crippen MR) is 57.5 cm³/mol. The third-order valence-electron chi connectivity index (χ3n) is 2.85. The fourth-order valence-electron chi connectivity index (χ4n) is 2.15. The summed E-state index contributed by atoms with van der Waals surface area (Å²) in [7, 11) is -3.14. The van der Waals surface area contributed by atoms with Crippen molar-refractivity contribution in [1.29, 1.82) is 0 Å². The van der Waals surface area contributed by atoms with Crippen LogP contribution in [0.3, 0.4) is 0 Å². The van der Waals surface area contributed by atoms with E-state index in [-0.39, 0.29) is 5.54 Å². The van der Waals surface area contributed by atoms with Crippen molar-refractivity contribution < 1.29 is 8.42 Å². The fraction of sp³-hybridized carbons (Fsp3) is 1.00. The Bertz CT molecular complexity index is 267. The smallest absolute Gasteiger partial charge is 0.209 e. The van der Waals surface area contributed by atoms with Crippen molar-refractivity contribution in [2.75, 3.05) is 12.8 Å². The first kappa shape index (κ1) is 11.9. The van der Waals surface area contributed by atoms with Crippen molar-refractivity contribution in [2.24, 2.45) is 5.73 Å². The van der Waals surface area contributed by atoms with E-state index < -0.39 is 10.0 Å². The van der Waals surface area contributed by atoms with E-state index in [0.29, 0.717) is 6.54 Å². The third kappa shape index (κ3) is 3.55. The molecule has 1 rings (SSSR count). The lowest BCUT2D eigenvalue weighted by atomic mass is 9.92. The minimum Gasteiger partial charge on any atom is -0.329 e. The highest BCUT2D eigenvalue weighted by Crippen LogP contribution is 2.26. The molecule has 0 aliphatic heterocycles. The number of hydrogen-bond donors (Lipinski definition) is 2. The lowest BCUT2D eigenvalue weighted by Gasteiger charge is -2.31. The van der Waals surface area contributed by atoms with E-state index in [1.165, 1.54) is 19.1 Å². The molecule has 0 unspecified atom stereocenters. The second-order valence-electron chi connectivity index (χ2n) is 4.27.